The highest BCUT2D eigenvalue weighted by Gasteiger charge is 2.14. The van der Waals surface area contributed by atoms with Crippen molar-refractivity contribution in [2.24, 2.45) is 0 Å². The Balaban J connectivity index is 2.20. The summed E-state index contributed by atoms with van der Waals surface area (Å²) in [6.07, 6.45) is 0. The third-order valence-corrected chi connectivity index (χ3v) is 3.97. The predicted molar refractivity (Wildman–Crippen MR) is 78.5 cm³/mol. The average Bonchev–Trinajstić information content (AvgIpc) is 2.40. The van der Waals surface area contributed by atoms with Crippen molar-refractivity contribution in [3.05, 3.63) is 62.9 Å². The number of halogens is 2. The van der Waals surface area contributed by atoms with E-state index in [9.17, 15) is 14.5 Å². The van der Waals surface area contributed by atoms with Gasteiger partial charge in [0.1, 0.15) is 5.82 Å². The number of thioether (sulfide) groups is 1. The molecule has 0 bridgehead atoms. The molecular formula is C13H10ClFN2O2S. The standard InChI is InChI=1S/C13H10ClFN2O2S/c14-11-6-10(2-3-12(11)16)20-7-8-5-9(15)1-4-13(8)17(18)19/h1-6H,7,16H2. The molecule has 104 valence electrons. The fourth-order valence-corrected chi connectivity index (χ4v) is 2.77. The van der Waals surface area contributed by atoms with Gasteiger partial charge in [0.2, 0.25) is 0 Å². The van der Waals surface area contributed by atoms with Gasteiger partial charge in [-0.15, -0.1) is 11.8 Å². The highest BCUT2D eigenvalue weighted by molar-refractivity contribution is 7.98. The van der Waals surface area contributed by atoms with Crippen LogP contribution in [0.4, 0.5) is 15.8 Å². The number of anilines is 1. The first-order chi connectivity index (χ1) is 9.47. The first-order valence-electron chi connectivity index (χ1n) is 5.58. The van der Waals surface area contributed by atoms with Gasteiger partial charge < -0.3 is 5.73 Å². The highest BCUT2D eigenvalue weighted by Crippen LogP contribution is 2.31. The van der Waals surface area contributed by atoms with Crippen molar-refractivity contribution in [3.63, 3.8) is 0 Å². The average molecular weight is 313 g/mol. The van der Waals surface area contributed by atoms with Gasteiger partial charge in [0.25, 0.3) is 5.69 Å². The molecule has 2 N–H and O–H groups in total. The number of nitrogens with two attached hydrogens (primary N) is 1. The lowest BCUT2D eigenvalue weighted by Crippen LogP contribution is -1.95. The maximum atomic E-state index is 13.2. The second-order valence-electron chi connectivity index (χ2n) is 4.00. The van der Waals surface area contributed by atoms with Crippen LogP contribution in [0.5, 0.6) is 0 Å². The Labute approximate surface area is 123 Å². The molecule has 0 atom stereocenters. The Bertz CT molecular complexity index is 667. The van der Waals surface area contributed by atoms with Crippen LogP contribution in [0.1, 0.15) is 5.56 Å². The second kappa shape index (κ2) is 6.11. The fraction of sp³-hybridized carbons (Fsp3) is 0.0769. The van der Waals surface area contributed by atoms with E-state index >= 15 is 0 Å². The van der Waals surface area contributed by atoms with Crippen LogP contribution in [-0.2, 0) is 5.75 Å². The minimum absolute atomic E-state index is 0.0968. The molecule has 2 rings (SSSR count). The highest BCUT2D eigenvalue weighted by atomic mass is 35.5. The van der Waals surface area contributed by atoms with E-state index in [1.165, 1.54) is 23.9 Å². The Morgan fingerprint density at radius 2 is 2.05 bits per heavy atom. The number of benzene rings is 2. The van der Waals surface area contributed by atoms with Gasteiger partial charge in [-0.05, 0) is 30.3 Å². The van der Waals surface area contributed by atoms with Gasteiger partial charge in [-0.25, -0.2) is 4.39 Å². The van der Waals surface area contributed by atoms with E-state index in [1.54, 1.807) is 18.2 Å². The minimum atomic E-state index is -0.523. The molecule has 7 heteroatoms. The molecule has 0 spiro atoms. The molecule has 0 aliphatic carbocycles. The monoisotopic (exact) mass is 312 g/mol. The number of hydrogen-bond donors (Lipinski definition) is 1. The van der Waals surface area contributed by atoms with E-state index in [4.69, 9.17) is 17.3 Å². The zero-order chi connectivity index (χ0) is 14.7. The molecule has 0 heterocycles. The zero-order valence-electron chi connectivity index (χ0n) is 10.2. The summed E-state index contributed by atoms with van der Waals surface area (Å²) in [6.45, 7) is 0. The van der Waals surface area contributed by atoms with Gasteiger partial charge in [0.05, 0.1) is 15.6 Å². The molecule has 4 nitrogen and oxygen atoms in total. The summed E-state index contributed by atoms with van der Waals surface area (Å²) in [6, 6.07) is 8.51. The van der Waals surface area contributed by atoms with E-state index in [0.29, 0.717) is 16.3 Å². The number of nitrogens with zero attached hydrogens (tertiary/aromatic N) is 1. The smallest absolute Gasteiger partial charge is 0.273 e. The summed E-state index contributed by atoms with van der Waals surface area (Å²) in [5.74, 6) is -0.226. The minimum Gasteiger partial charge on any atom is -0.398 e. The molecule has 0 saturated heterocycles. The summed E-state index contributed by atoms with van der Waals surface area (Å²) in [5.41, 5.74) is 6.30. The van der Waals surface area contributed by atoms with Crippen LogP contribution in [0.15, 0.2) is 41.3 Å². The zero-order valence-corrected chi connectivity index (χ0v) is 11.7. The first kappa shape index (κ1) is 14.6. The van der Waals surface area contributed by atoms with Gasteiger partial charge in [0, 0.05) is 22.3 Å². The van der Waals surface area contributed by atoms with Gasteiger partial charge >= 0.3 is 0 Å². The maximum Gasteiger partial charge on any atom is 0.273 e. The molecule has 0 radical (unpaired) electrons. The number of nitrogen functional groups attached to an aromatic ring is 1. The molecule has 0 aromatic heterocycles. The Hall–Kier alpha value is -1.79. The van der Waals surface area contributed by atoms with E-state index in [0.717, 1.165) is 11.0 Å². The number of rotatable bonds is 4. The van der Waals surface area contributed by atoms with E-state index < -0.39 is 10.7 Å². The molecule has 0 saturated carbocycles. The van der Waals surface area contributed by atoms with Crippen LogP contribution in [0, 0.1) is 15.9 Å². The molecule has 2 aromatic carbocycles. The van der Waals surface area contributed by atoms with Gasteiger partial charge in [-0.1, -0.05) is 11.6 Å². The normalized spacial score (nSPS) is 10.5. The number of nitro groups is 1. The van der Waals surface area contributed by atoms with Crippen molar-refractivity contribution in [1.82, 2.24) is 0 Å². The molecule has 0 amide bonds. The molecule has 0 unspecified atom stereocenters. The summed E-state index contributed by atoms with van der Waals surface area (Å²) in [5, 5.41) is 11.3. The summed E-state index contributed by atoms with van der Waals surface area (Å²) in [7, 11) is 0. The van der Waals surface area contributed by atoms with Crippen LogP contribution in [0.2, 0.25) is 5.02 Å². The van der Waals surface area contributed by atoms with Gasteiger partial charge in [0.15, 0.2) is 0 Å². The lowest BCUT2D eigenvalue weighted by molar-refractivity contribution is -0.385. The van der Waals surface area contributed by atoms with Crippen molar-refractivity contribution < 1.29 is 9.31 Å². The SMILES string of the molecule is Nc1ccc(SCc2cc(F)ccc2[N+](=O)[O-])cc1Cl. The van der Waals surface area contributed by atoms with Crippen LogP contribution in [-0.4, -0.2) is 4.92 Å². The quantitative estimate of drug-likeness (QED) is 0.396. The lowest BCUT2D eigenvalue weighted by atomic mass is 10.2. The summed E-state index contributed by atoms with van der Waals surface area (Å²) >= 11 is 7.22. The Morgan fingerprint density at radius 1 is 1.30 bits per heavy atom. The fourth-order valence-electron chi connectivity index (χ4n) is 1.61. The Morgan fingerprint density at radius 3 is 2.70 bits per heavy atom. The third kappa shape index (κ3) is 3.40. The lowest BCUT2D eigenvalue weighted by Gasteiger charge is -2.05. The van der Waals surface area contributed by atoms with Crippen molar-refractivity contribution in [3.8, 4) is 0 Å². The number of hydrogen-bond acceptors (Lipinski definition) is 4. The van der Waals surface area contributed by atoms with Crippen molar-refractivity contribution >= 4 is 34.7 Å². The van der Waals surface area contributed by atoms with Crippen molar-refractivity contribution in [2.45, 2.75) is 10.6 Å². The summed E-state index contributed by atoms with van der Waals surface area (Å²) < 4.78 is 13.2. The van der Waals surface area contributed by atoms with Crippen molar-refractivity contribution in [2.75, 3.05) is 5.73 Å². The molecule has 2 aromatic rings. The molecular weight excluding hydrogens is 303 g/mol. The molecule has 0 aliphatic heterocycles. The molecule has 0 aliphatic rings. The summed E-state index contributed by atoms with van der Waals surface area (Å²) in [4.78, 5) is 11.2. The maximum absolute atomic E-state index is 13.2. The first-order valence-corrected chi connectivity index (χ1v) is 6.94. The Kier molecular flexibility index (Phi) is 4.46. The van der Waals surface area contributed by atoms with Gasteiger partial charge in [-0.2, -0.15) is 0 Å². The van der Waals surface area contributed by atoms with Crippen LogP contribution < -0.4 is 5.73 Å². The molecule has 20 heavy (non-hydrogen) atoms. The van der Waals surface area contributed by atoms with Crippen LogP contribution in [0.3, 0.4) is 0 Å². The van der Waals surface area contributed by atoms with Crippen LogP contribution in [0.25, 0.3) is 0 Å². The van der Waals surface area contributed by atoms with Gasteiger partial charge in [-0.3, -0.25) is 10.1 Å². The number of nitro benzene ring substituents is 1. The van der Waals surface area contributed by atoms with Crippen molar-refractivity contribution in [1.29, 1.82) is 0 Å². The topological polar surface area (TPSA) is 69.2 Å². The van der Waals surface area contributed by atoms with E-state index in [1.807, 2.05) is 0 Å². The predicted octanol–water partition coefficient (Wildman–Crippen LogP) is 4.26. The largest absolute Gasteiger partial charge is 0.398 e. The second-order valence-corrected chi connectivity index (χ2v) is 5.46. The molecule has 0 fully saturated rings. The van der Waals surface area contributed by atoms with E-state index in [-0.39, 0.29) is 11.4 Å². The van der Waals surface area contributed by atoms with E-state index in [2.05, 4.69) is 0 Å². The van der Waals surface area contributed by atoms with Crippen LogP contribution >= 0.6 is 23.4 Å². The third-order valence-electron chi connectivity index (χ3n) is 2.60.